The molecule has 1 amide bonds. The molecule has 1 fully saturated rings. The van der Waals surface area contributed by atoms with E-state index in [0.717, 1.165) is 27.7 Å². The number of para-hydroxylation sites is 1. The zero-order valence-electron chi connectivity index (χ0n) is 16.3. The van der Waals surface area contributed by atoms with Gasteiger partial charge < -0.3 is 4.90 Å². The molecule has 0 atom stereocenters. The molecule has 0 aliphatic carbocycles. The molecular weight excluding hydrogens is 348 g/mol. The second kappa shape index (κ2) is 7.55. The molecule has 4 rings (SSSR count). The Morgan fingerprint density at radius 2 is 1.64 bits per heavy atom. The standard InChI is InChI=1S/C24H24N2O2/c1-16-7-9-18(10-8-16)23(27)19-11-13-26(14-12-19)24(28)21-15-17(2)25-22-6-4-3-5-20(21)22/h3-10,15,19H,11-14H2,1-2H3. The van der Waals surface area contributed by atoms with Gasteiger partial charge in [0.25, 0.3) is 5.91 Å². The lowest BCUT2D eigenvalue weighted by Crippen LogP contribution is -2.40. The lowest BCUT2D eigenvalue weighted by atomic mass is 9.88. The third-order valence-electron chi connectivity index (χ3n) is 5.56. The highest BCUT2D eigenvalue weighted by atomic mass is 16.2. The van der Waals surface area contributed by atoms with Crippen LogP contribution in [0.1, 0.15) is 44.8 Å². The molecule has 1 saturated heterocycles. The van der Waals surface area contributed by atoms with E-state index in [9.17, 15) is 9.59 Å². The van der Waals surface area contributed by atoms with E-state index in [1.54, 1.807) is 0 Å². The van der Waals surface area contributed by atoms with Crippen molar-refractivity contribution < 1.29 is 9.59 Å². The number of benzene rings is 2. The fraction of sp³-hybridized carbons (Fsp3) is 0.292. The molecule has 2 heterocycles. The average Bonchev–Trinajstić information content (AvgIpc) is 2.73. The zero-order valence-corrected chi connectivity index (χ0v) is 16.3. The number of carbonyl (C=O) groups is 2. The molecular formula is C24H24N2O2. The number of nitrogens with zero attached hydrogens (tertiary/aromatic N) is 2. The van der Waals surface area contributed by atoms with Crippen molar-refractivity contribution in [2.24, 2.45) is 5.92 Å². The van der Waals surface area contributed by atoms with Crippen LogP contribution in [0.4, 0.5) is 0 Å². The summed E-state index contributed by atoms with van der Waals surface area (Å²) in [7, 11) is 0. The largest absolute Gasteiger partial charge is 0.339 e. The molecule has 0 unspecified atom stereocenters. The van der Waals surface area contributed by atoms with Crippen molar-refractivity contribution >= 4 is 22.6 Å². The average molecular weight is 372 g/mol. The first-order valence-electron chi connectivity index (χ1n) is 9.79. The van der Waals surface area contributed by atoms with Gasteiger partial charge in [-0.3, -0.25) is 14.6 Å². The summed E-state index contributed by atoms with van der Waals surface area (Å²) in [5.41, 5.74) is 4.30. The topological polar surface area (TPSA) is 50.3 Å². The number of likely N-dealkylation sites (tertiary alicyclic amines) is 1. The molecule has 0 spiro atoms. The first-order valence-corrected chi connectivity index (χ1v) is 9.79. The number of rotatable bonds is 3. The molecule has 1 aromatic heterocycles. The summed E-state index contributed by atoms with van der Waals surface area (Å²) in [5.74, 6) is 0.211. The van der Waals surface area contributed by atoms with Crippen molar-refractivity contribution in [3.63, 3.8) is 0 Å². The lowest BCUT2D eigenvalue weighted by molar-refractivity contribution is 0.0652. The number of aromatic nitrogens is 1. The number of Topliss-reactive ketones (excluding diaryl/α,β-unsaturated/α-hetero) is 1. The van der Waals surface area contributed by atoms with Crippen LogP contribution in [0.3, 0.4) is 0 Å². The van der Waals surface area contributed by atoms with Crippen LogP contribution in [-0.2, 0) is 0 Å². The minimum absolute atomic E-state index is 0.0114. The maximum atomic E-state index is 13.2. The molecule has 3 aromatic rings. The molecule has 0 radical (unpaired) electrons. The van der Waals surface area contributed by atoms with Gasteiger partial charge >= 0.3 is 0 Å². The van der Waals surface area contributed by atoms with Crippen LogP contribution < -0.4 is 0 Å². The Kier molecular flexibility index (Phi) is 4.95. The van der Waals surface area contributed by atoms with Crippen LogP contribution in [0.5, 0.6) is 0 Å². The van der Waals surface area contributed by atoms with Crippen LogP contribution in [0.15, 0.2) is 54.6 Å². The summed E-state index contributed by atoms with van der Waals surface area (Å²) >= 11 is 0. The SMILES string of the molecule is Cc1ccc(C(=O)C2CCN(C(=O)c3cc(C)nc4ccccc34)CC2)cc1. The van der Waals surface area contributed by atoms with E-state index in [-0.39, 0.29) is 17.6 Å². The Balaban J connectivity index is 1.49. The number of hydrogen-bond donors (Lipinski definition) is 0. The van der Waals surface area contributed by atoms with Crippen molar-refractivity contribution in [1.29, 1.82) is 0 Å². The van der Waals surface area contributed by atoms with Crippen LogP contribution >= 0.6 is 0 Å². The van der Waals surface area contributed by atoms with Gasteiger partial charge in [0.1, 0.15) is 0 Å². The first kappa shape index (κ1) is 18.4. The summed E-state index contributed by atoms with van der Waals surface area (Å²) in [4.78, 5) is 32.3. The van der Waals surface area contributed by atoms with Crippen molar-refractivity contribution in [1.82, 2.24) is 9.88 Å². The quantitative estimate of drug-likeness (QED) is 0.632. The highest BCUT2D eigenvalue weighted by Gasteiger charge is 2.29. The van der Waals surface area contributed by atoms with Gasteiger partial charge in [0.05, 0.1) is 11.1 Å². The number of aryl methyl sites for hydroxylation is 2. The Hall–Kier alpha value is -3.01. The van der Waals surface area contributed by atoms with Crippen molar-refractivity contribution in [3.05, 3.63) is 77.0 Å². The molecule has 1 aliphatic rings. The minimum Gasteiger partial charge on any atom is -0.339 e. The van der Waals surface area contributed by atoms with E-state index in [1.165, 1.54) is 0 Å². The van der Waals surface area contributed by atoms with E-state index in [4.69, 9.17) is 0 Å². The maximum absolute atomic E-state index is 13.2. The molecule has 2 aromatic carbocycles. The monoisotopic (exact) mass is 372 g/mol. The van der Waals surface area contributed by atoms with Gasteiger partial charge in [-0.15, -0.1) is 0 Å². The van der Waals surface area contributed by atoms with Crippen molar-refractivity contribution in [2.45, 2.75) is 26.7 Å². The number of piperidine rings is 1. The number of carbonyl (C=O) groups excluding carboxylic acids is 2. The Bertz CT molecular complexity index is 1030. The third kappa shape index (κ3) is 3.55. The zero-order chi connectivity index (χ0) is 19.7. The first-order chi connectivity index (χ1) is 13.5. The third-order valence-corrected chi connectivity index (χ3v) is 5.56. The summed E-state index contributed by atoms with van der Waals surface area (Å²) in [6, 6.07) is 17.4. The van der Waals surface area contributed by atoms with Gasteiger partial charge in [-0.1, -0.05) is 48.0 Å². The predicted octanol–water partition coefficient (Wildman–Crippen LogP) is 4.59. The molecule has 0 bridgehead atoms. The van der Waals surface area contributed by atoms with Gasteiger partial charge in [-0.05, 0) is 38.8 Å². The van der Waals surface area contributed by atoms with E-state index < -0.39 is 0 Å². The second-order valence-corrected chi connectivity index (χ2v) is 7.63. The Morgan fingerprint density at radius 1 is 0.964 bits per heavy atom. The number of ketones is 1. The van der Waals surface area contributed by atoms with E-state index in [1.807, 2.05) is 73.3 Å². The van der Waals surface area contributed by atoms with Gasteiger partial charge in [-0.25, -0.2) is 0 Å². The second-order valence-electron chi connectivity index (χ2n) is 7.63. The summed E-state index contributed by atoms with van der Waals surface area (Å²) in [6.45, 7) is 5.15. The molecule has 4 heteroatoms. The van der Waals surface area contributed by atoms with Gasteiger partial charge in [0.2, 0.25) is 0 Å². The maximum Gasteiger partial charge on any atom is 0.254 e. The number of hydrogen-bond acceptors (Lipinski definition) is 3. The smallest absolute Gasteiger partial charge is 0.254 e. The lowest BCUT2D eigenvalue weighted by Gasteiger charge is -2.31. The molecule has 4 nitrogen and oxygen atoms in total. The Morgan fingerprint density at radius 3 is 2.36 bits per heavy atom. The highest BCUT2D eigenvalue weighted by molar-refractivity contribution is 6.06. The molecule has 0 saturated carbocycles. The summed E-state index contributed by atoms with van der Waals surface area (Å²) in [6.07, 6.45) is 1.42. The minimum atomic E-state index is -0.0114. The number of amides is 1. The predicted molar refractivity (Wildman–Crippen MR) is 111 cm³/mol. The van der Waals surface area contributed by atoms with Crippen molar-refractivity contribution in [2.75, 3.05) is 13.1 Å². The van der Waals surface area contributed by atoms with Crippen LogP contribution in [0, 0.1) is 19.8 Å². The van der Waals surface area contributed by atoms with E-state index in [0.29, 0.717) is 31.5 Å². The number of pyridine rings is 1. The van der Waals surface area contributed by atoms with Crippen LogP contribution in [-0.4, -0.2) is 34.7 Å². The van der Waals surface area contributed by atoms with Crippen LogP contribution in [0.25, 0.3) is 10.9 Å². The summed E-state index contributed by atoms with van der Waals surface area (Å²) in [5, 5.41) is 0.885. The fourth-order valence-corrected chi connectivity index (χ4v) is 3.95. The molecule has 1 aliphatic heterocycles. The van der Waals surface area contributed by atoms with Gasteiger partial charge in [-0.2, -0.15) is 0 Å². The van der Waals surface area contributed by atoms with Gasteiger partial charge in [0, 0.05) is 35.7 Å². The molecule has 28 heavy (non-hydrogen) atoms. The van der Waals surface area contributed by atoms with E-state index in [2.05, 4.69) is 4.98 Å². The molecule has 142 valence electrons. The van der Waals surface area contributed by atoms with E-state index >= 15 is 0 Å². The normalized spacial score (nSPS) is 15.0. The Labute approximate surface area is 165 Å². The van der Waals surface area contributed by atoms with Crippen LogP contribution in [0.2, 0.25) is 0 Å². The van der Waals surface area contributed by atoms with Gasteiger partial charge in [0.15, 0.2) is 5.78 Å². The molecule has 0 N–H and O–H groups in total. The fourth-order valence-electron chi connectivity index (χ4n) is 3.95. The highest BCUT2D eigenvalue weighted by Crippen LogP contribution is 2.25. The van der Waals surface area contributed by atoms with Crippen molar-refractivity contribution in [3.8, 4) is 0 Å². The number of fused-ring (bicyclic) bond motifs is 1. The summed E-state index contributed by atoms with van der Waals surface area (Å²) < 4.78 is 0.